The number of benzene rings is 1. The molecule has 0 aromatic heterocycles. The van der Waals surface area contributed by atoms with Crippen molar-refractivity contribution in [3.63, 3.8) is 0 Å². The molecule has 0 saturated heterocycles. The van der Waals surface area contributed by atoms with Crippen molar-refractivity contribution in [2.45, 2.75) is 19.8 Å². The van der Waals surface area contributed by atoms with Crippen molar-refractivity contribution in [3.8, 4) is 5.75 Å². The fourth-order valence-electron chi connectivity index (χ4n) is 1.97. The van der Waals surface area contributed by atoms with Crippen molar-refractivity contribution in [1.82, 2.24) is 9.80 Å². The molecule has 1 rings (SSSR count). The molecule has 21 heavy (non-hydrogen) atoms. The summed E-state index contributed by atoms with van der Waals surface area (Å²) in [5.74, 6) is 0.848. The molecule has 0 fully saturated rings. The van der Waals surface area contributed by atoms with E-state index in [-0.39, 0.29) is 5.91 Å². The molecule has 0 spiro atoms. The monoisotopic (exact) mass is 293 g/mol. The van der Waals surface area contributed by atoms with Crippen LogP contribution in [-0.2, 0) is 4.79 Å². The van der Waals surface area contributed by atoms with Gasteiger partial charge in [0.1, 0.15) is 5.75 Å². The predicted molar refractivity (Wildman–Crippen MR) is 86.4 cm³/mol. The summed E-state index contributed by atoms with van der Waals surface area (Å²) in [6.07, 6.45) is 1.36. The molecule has 0 aliphatic carbocycles. The summed E-state index contributed by atoms with van der Waals surface area (Å²) >= 11 is 0. The number of anilines is 1. The minimum Gasteiger partial charge on any atom is -0.493 e. The molecular weight excluding hydrogens is 266 g/mol. The van der Waals surface area contributed by atoms with Gasteiger partial charge in [0.25, 0.3) is 0 Å². The minimum absolute atomic E-state index is 0.141. The summed E-state index contributed by atoms with van der Waals surface area (Å²) in [5, 5.41) is 0. The average Bonchev–Trinajstić information content (AvgIpc) is 2.43. The number of carbonyl (C=O) groups excluding carboxylic acids is 1. The number of carbonyl (C=O) groups is 1. The third kappa shape index (κ3) is 6.99. The lowest BCUT2D eigenvalue weighted by Crippen LogP contribution is -2.37. The molecule has 0 radical (unpaired) electrons. The molecule has 2 N–H and O–H groups in total. The number of nitrogens with zero attached hydrogens (tertiary/aromatic N) is 2. The number of hydrogen-bond acceptors (Lipinski definition) is 4. The second-order valence-electron chi connectivity index (χ2n) is 5.36. The van der Waals surface area contributed by atoms with E-state index in [0.717, 1.165) is 26.1 Å². The normalized spacial score (nSPS) is 10.7. The van der Waals surface area contributed by atoms with E-state index >= 15 is 0 Å². The van der Waals surface area contributed by atoms with E-state index in [2.05, 4.69) is 11.8 Å². The molecule has 1 amide bonds. The topological polar surface area (TPSA) is 58.8 Å². The average molecular weight is 293 g/mol. The van der Waals surface area contributed by atoms with Crippen LogP contribution in [0.2, 0.25) is 0 Å². The fraction of sp³-hybridized carbons (Fsp3) is 0.562. The highest BCUT2D eigenvalue weighted by molar-refractivity contribution is 5.76. The van der Waals surface area contributed by atoms with E-state index in [1.165, 1.54) is 0 Å². The quantitative estimate of drug-likeness (QED) is 0.706. The van der Waals surface area contributed by atoms with E-state index in [4.69, 9.17) is 10.5 Å². The molecule has 0 bridgehead atoms. The number of ether oxygens (including phenoxy) is 1. The van der Waals surface area contributed by atoms with Gasteiger partial charge in [-0.15, -0.1) is 0 Å². The van der Waals surface area contributed by atoms with Crippen molar-refractivity contribution in [2.24, 2.45) is 0 Å². The maximum absolute atomic E-state index is 12.2. The Labute approximate surface area is 127 Å². The summed E-state index contributed by atoms with van der Waals surface area (Å²) in [6.45, 7) is 4.90. The largest absolute Gasteiger partial charge is 0.493 e. The first kappa shape index (κ1) is 17.3. The summed E-state index contributed by atoms with van der Waals surface area (Å²) in [4.78, 5) is 16.2. The first-order chi connectivity index (χ1) is 10.0. The van der Waals surface area contributed by atoms with Crippen LogP contribution in [0.25, 0.3) is 0 Å². The molecule has 1 aromatic rings. The van der Waals surface area contributed by atoms with E-state index in [9.17, 15) is 4.79 Å². The lowest BCUT2D eigenvalue weighted by Gasteiger charge is -2.24. The van der Waals surface area contributed by atoms with Crippen molar-refractivity contribution < 1.29 is 9.53 Å². The first-order valence-corrected chi connectivity index (χ1v) is 7.43. The van der Waals surface area contributed by atoms with Crippen LogP contribution in [0.15, 0.2) is 24.3 Å². The molecule has 0 atom stereocenters. The van der Waals surface area contributed by atoms with Crippen molar-refractivity contribution in [3.05, 3.63) is 24.3 Å². The van der Waals surface area contributed by atoms with Gasteiger partial charge in [-0.05, 0) is 32.6 Å². The summed E-state index contributed by atoms with van der Waals surface area (Å²) in [6, 6.07) is 7.26. The molecule has 118 valence electrons. The number of rotatable bonds is 9. The molecule has 0 aliphatic rings. The Kier molecular flexibility index (Phi) is 7.61. The van der Waals surface area contributed by atoms with Gasteiger partial charge in [-0.1, -0.05) is 13.0 Å². The molecule has 0 unspecified atom stereocenters. The Bertz CT molecular complexity index is 435. The fourth-order valence-corrected chi connectivity index (χ4v) is 1.97. The molecule has 0 heterocycles. The Hall–Kier alpha value is -1.75. The molecule has 0 aliphatic heterocycles. The van der Waals surface area contributed by atoms with Crippen molar-refractivity contribution in [1.29, 1.82) is 0 Å². The van der Waals surface area contributed by atoms with Crippen LogP contribution in [0.5, 0.6) is 5.75 Å². The zero-order valence-corrected chi connectivity index (χ0v) is 13.3. The number of nitrogens with two attached hydrogens (primary N) is 1. The standard InChI is InChI=1S/C16H27N3O2/c1-4-9-19(11-10-18(2)3)16(20)8-12-21-15-7-5-6-14(17)13-15/h5-7,13H,4,8-12,17H2,1-3H3. The van der Waals surface area contributed by atoms with Crippen LogP contribution in [0, 0.1) is 0 Å². The minimum atomic E-state index is 0.141. The van der Waals surface area contributed by atoms with E-state index < -0.39 is 0 Å². The summed E-state index contributed by atoms with van der Waals surface area (Å²) in [5.41, 5.74) is 6.35. The van der Waals surface area contributed by atoms with Gasteiger partial charge in [-0.3, -0.25) is 4.79 Å². The van der Waals surface area contributed by atoms with Gasteiger partial charge >= 0.3 is 0 Å². The molecule has 5 nitrogen and oxygen atoms in total. The van der Waals surface area contributed by atoms with Gasteiger partial charge in [-0.2, -0.15) is 0 Å². The van der Waals surface area contributed by atoms with Crippen LogP contribution in [0.4, 0.5) is 5.69 Å². The first-order valence-electron chi connectivity index (χ1n) is 7.43. The SMILES string of the molecule is CCCN(CCN(C)C)C(=O)CCOc1cccc(N)c1. The zero-order valence-electron chi connectivity index (χ0n) is 13.3. The van der Waals surface area contributed by atoms with Crippen molar-refractivity contribution >= 4 is 11.6 Å². The third-order valence-corrected chi connectivity index (χ3v) is 3.11. The number of amides is 1. The van der Waals surface area contributed by atoms with Crippen LogP contribution in [-0.4, -0.2) is 56.0 Å². The van der Waals surface area contributed by atoms with Gasteiger partial charge in [-0.25, -0.2) is 0 Å². The molecule has 0 saturated carbocycles. The summed E-state index contributed by atoms with van der Waals surface area (Å²) in [7, 11) is 4.02. The van der Waals surface area contributed by atoms with Gasteiger partial charge in [0.15, 0.2) is 0 Å². The number of nitrogen functional groups attached to an aromatic ring is 1. The Balaban J connectivity index is 2.38. The maximum atomic E-state index is 12.2. The van der Waals surface area contributed by atoms with E-state index in [0.29, 0.717) is 24.5 Å². The Morgan fingerprint density at radius 3 is 2.62 bits per heavy atom. The van der Waals surface area contributed by atoms with E-state index in [1.54, 1.807) is 6.07 Å². The van der Waals surface area contributed by atoms with Crippen LogP contribution >= 0.6 is 0 Å². The third-order valence-electron chi connectivity index (χ3n) is 3.11. The van der Waals surface area contributed by atoms with Gasteiger partial charge in [0.2, 0.25) is 5.91 Å². The highest BCUT2D eigenvalue weighted by Gasteiger charge is 2.12. The summed E-state index contributed by atoms with van der Waals surface area (Å²) < 4.78 is 5.57. The predicted octanol–water partition coefficient (Wildman–Crippen LogP) is 1.84. The molecule has 1 aromatic carbocycles. The Morgan fingerprint density at radius 1 is 1.24 bits per heavy atom. The Morgan fingerprint density at radius 2 is 2.00 bits per heavy atom. The van der Waals surface area contributed by atoms with Crippen molar-refractivity contribution in [2.75, 3.05) is 46.1 Å². The highest BCUT2D eigenvalue weighted by atomic mass is 16.5. The van der Waals surface area contributed by atoms with Gasteiger partial charge in [0, 0.05) is 31.4 Å². The second kappa shape index (κ2) is 9.23. The lowest BCUT2D eigenvalue weighted by molar-refractivity contribution is -0.131. The molecule has 5 heteroatoms. The van der Waals surface area contributed by atoms with Gasteiger partial charge < -0.3 is 20.3 Å². The van der Waals surface area contributed by atoms with E-state index in [1.807, 2.05) is 37.2 Å². The van der Waals surface area contributed by atoms with Crippen LogP contribution < -0.4 is 10.5 Å². The lowest BCUT2D eigenvalue weighted by atomic mass is 10.3. The number of hydrogen-bond donors (Lipinski definition) is 1. The van der Waals surface area contributed by atoms with Crippen LogP contribution in [0.3, 0.4) is 0 Å². The number of likely N-dealkylation sites (N-methyl/N-ethyl adjacent to an activating group) is 1. The zero-order chi connectivity index (χ0) is 15.7. The second-order valence-corrected chi connectivity index (χ2v) is 5.36. The maximum Gasteiger partial charge on any atom is 0.226 e. The van der Waals surface area contributed by atoms with Gasteiger partial charge in [0.05, 0.1) is 13.0 Å². The smallest absolute Gasteiger partial charge is 0.226 e. The highest BCUT2D eigenvalue weighted by Crippen LogP contribution is 2.14. The van der Waals surface area contributed by atoms with Crippen LogP contribution in [0.1, 0.15) is 19.8 Å². The molecular formula is C16H27N3O2.